The number of benzene rings is 2. The maximum Gasteiger partial charge on any atom is 0.295 e. The molecule has 1 heterocycles. The molecule has 1 saturated heterocycles. The van der Waals surface area contributed by atoms with Crippen LogP contribution in [0.25, 0.3) is 5.76 Å². The Balaban J connectivity index is 2.05. The number of methoxy groups -OCH3 is 1. The molecule has 1 aliphatic rings. The third kappa shape index (κ3) is 5.45. The van der Waals surface area contributed by atoms with Gasteiger partial charge in [-0.3, -0.25) is 9.59 Å². The van der Waals surface area contributed by atoms with Gasteiger partial charge in [0, 0.05) is 25.8 Å². The lowest BCUT2D eigenvalue weighted by Crippen LogP contribution is -2.31. The van der Waals surface area contributed by atoms with Crippen molar-refractivity contribution in [3.8, 4) is 5.75 Å². The number of aliphatic hydroxyl groups excluding tert-OH is 1. The Bertz CT molecular complexity index is 1030. The van der Waals surface area contributed by atoms with E-state index in [1.54, 1.807) is 7.11 Å². The highest BCUT2D eigenvalue weighted by atomic mass is 16.5. The number of carbonyl (C=O) groups excluding carboxylic acids is 2. The molecule has 6 nitrogen and oxygen atoms in total. The Morgan fingerprint density at radius 3 is 2.42 bits per heavy atom. The van der Waals surface area contributed by atoms with Crippen LogP contribution in [0.4, 0.5) is 0 Å². The smallest absolute Gasteiger partial charge is 0.295 e. The van der Waals surface area contributed by atoms with Gasteiger partial charge < -0.3 is 19.5 Å². The van der Waals surface area contributed by atoms with Crippen LogP contribution < -0.4 is 4.74 Å². The molecule has 176 valence electrons. The Morgan fingerprint density at radius 2 is 1.76 bits per heavy atom. The summed E-state index contributed by atoms with van der Waals surface area (Å²) in [5.41, 5.74) is 3.23. The number of aryl methyl sites for hydroxylation is 2. The lowest BCUT2D eigenvalue weighted by Gasteiger charge is -2.25. The summed E-state index contributed by atoms with van der Waals surface area (Å²) in [7, 11) is 1.60. The van der Waals surface area contributed by atoms with Crippen molar-refractivity contribution in [1.82, 2.24) is 4.90 Å². The molecule has 1 aliphatic heterocycles. The zero-order valence-corrected chi connectivity index (χ0v) is 19.9. The van der Waals surface area contributed by atoms with E-state index in [4.69, 9.17) is 9.47 Å². The summed E-state index contributed by atoms with van der Waals surface area (Å²) in [6.45, 7) is 7.36. The predicted octanol–water partition coefficient (Wildman–Crippen LogP) is 4.94. The van der Waals surface area contributed by atoms with Crippen LogP contribution >= 0.6 is 0 Å². The van der Waals surface area contributed by atoms with Crippen molar-refractivity contribution in [2.75, 3.05) is 26.9 Å². The number of unbranched alkanes of at least 4 members (excludes halogenated alkanes) is 1. The van der Waals surface area contributed by atoms with Crippen LogP contribution in [0.15, 0.2) is 48.0 Å². The monoisotopic (exact) mass is 451 g/mol. The quantitative estimate of drug-likeness (QED) is 0.240. The van der Waals surface area contributed by atoms with Gasteiger partial charge in [0.15, 0.2) is 0 Å². The number of nitrogens with zero attached hydrogens (tertiary/aromatic N) is 1. The van der Waals surface area contributed by atoms with Crippen molar-refractivity contribution in [1.29, 1.82) is 0 Å². The minimum Gasteiger partial charge on any atom is -0.507 e. The number of likely N-dealkylation sites (tertiary alicyclic amines) is 1. The Hall–Kier alpha value is -3.12. The highest BCUT2D eigenvalue weighted by Crippen LogP contribution is 2.40. The molecule has 1 N–H and O–H groups in total. The zero-order chi connectivity index (χ0) is 24.0. The first kappa shape index (κ1) is 24.5. The summed E-state index contributed by atoms with van der Waals surface area (Å²) in [4.78, 5) is 27.6. The molecular formula is C27H33NO5. The number of carbonyl (C=O) groups is 2. The largest absolute Gasteiger partial charge is 0.507 e. The fourth-order valence-electron chi connectivity index (χ4n) is 4.05. The summed E-state index contributed by atoms with van der Waals surface area (Å²) >= 11 is 0. The topological polar surface area (TPSA) is 76.1 Å². The van der Waals surface area contributed by atoms with Crippen molar-refractivity contribution in [3.05, 3.63) is 70.3 Å². The minimum atomic E-state index is -0.675. The molecular weight excluding hydrogens is 418 g/mol. The van der Waals surface area contributed by atoms with Gasteiger partial charge in [-0.25, -0.2) is 0 Å². The van der Waals surface area contributed by atoms with Crippen molar-refractivity contribution in [2.45, 2.75) is 46.1 Å². The summed E-state index contributed by atoms with van der Waals surface area (Å²) in [6.07, 6.45) is 2.60. The van der Waals surface area contributed by atoms with Crippen LogP contribution in [-0.4, -0.2) is 48.6 Å². The Labute approximate surface area is 195 Å². The highest BCUT2D eigenvalue weighted by molar-refractivity contribution is 6.46. The number of Topliss-reactive ketones (excluding diaryl/α,β-unsaturated/α-hetero) is 1. The number of ketones is 1. The van der Waals surface area contributed by atoms with Gasteiger partial charge in [-0.2, -0.15) is 0 Å². The van der Waals surface area contributed by atoms with Crippen molar-refractivity contribution < 1.29 is 24.2 Å². The molecule has 0 spiro atoms. The maximum atomic E-state index is 13.1. The number of hydrogen-bond acceptors (Lipinski definition) is 5. The molecule has 2 aromatic carbocycles. The maximum absolute atomic E-state index is 13.1. The molecule has 1 unspecified atom stereocenters. The molecule has 0 radical (unpaired) electrons. The molecule has 1 fully saturated rings. The number of rotatable bonds is 10. The van der Waals surface area contributed by atoms with E-state index in [0.29, 0.717) is 31.7 Å². The molecule has 0 saturated carbocycles. The minimum absolute atomic E-state index is 0.116. The van der Waals surface area contributed by atoms with Crippen LogP contribution in [0.1, 0.15) is 54.5 Å². The van der Waals surface area contributed by atoms with E-state index in [2.05, 4.69) is 6.92 Å². The first-order valence-corrected chi connectivity index (χ1v) is 11.5. The molecule has 3 rings (SSSR count). The van der Waals surface area contributed by atoms with E-state index in [9.17, 15) is 14.7 Å². The highest BCUT2D eigenvalue weighted by Gasteiger charge is 2.45. The normalized spacial score (nSPS) is 17.6. The van der Waals surface area contributed by atoms with Crippen LogP contribution in [0, 0.1) is 13.8 Å². The average molecular weight is 452 g/mol. The van der Waals surface area contributed by atoms with E-state index in [1.165, 1.54) is 4.90 Å². The second-order valence-corrected chi connectivity index (χ2v) is 8.43. The van der Waals surface area contributed by atoms with Crippen molar-refractivity contribution >= 4 is 17.4 Å². The number of aliphatic hydroxyl groups is 1. The lowest BCUT2D eigenvalue weighted by molar-refractivity contribution is -0.140. The molecule has 2 aromatic rings. The van der Waals surface area contributed by atoms with E-state index in [0.717, 1.165) is 35.3 Å². The van der Waals surface area contributed by atoms with Gasteiger partial charge in [0.2, 0.25) is 0 Å². The molecule has 0 aliphatic carbocycles. The van der Waals surface area contributed by atoms with Gasteiger partial charge in [-0.1, -0.05) is 43.2 Å². The predicted molar refractivity (Wildman–Crippen MR) is 128 cm³/mol. The van der Waals surface area contributed by atoms with E-state index in [-0.39, 0.29) is 11.3 Å². The van der Waals surface area contributed by atoms with E-state index >= 15 is 0 Å². The van der Waals surface area contributed by atoms with Gasteiger partial charge in [-0.05, 0) is 56.0 Å². The van der Waals surface area contributed by atoms with Gasteiger partial charge in [0.05, 0.1) is 18.2 Å². The fourth-order valence-corrected chi connectivity index (χ4v) is 4.05. The number of ether oxygens (including phenoxy) is 2. The molecule has 1 amide bonds. The lowest BCUT2D eigenvalue weighted by atomic mass is 9.93. The standard InChI is InChI=1S/C27H33NO5/c1-5-6-16-33-21-12-10-20(11-13-21)24-23(25(29)22-17-18(2)8-9-19(22)3)26(30)27(31)28(24)14-7-15-32-4/h8-13,17,24,29H,5-7,14-16H2,1-4H3. The summed E-state index contributed by atoms with van der Waals surface area (Å²) in [6, 6.07) is 12.4. The molecule has 1 atom stereocenters. The summed E-state index contributed by atoms with van der Waals surface area (Å²) in [5.74, 6) is -0.680. The molecule has 0 bridgehead atoms. The number of amides is 1. The Morgan fingerprint density at radius 1 is 1.03 bits per heavy atom. The van der Waals surface area contributed by atoms with Crippen LogP contribution in [0.3, 0.4) is 0 Å². The fraction of sp³-hybridized carbons (Fsp3) is 0.407. The third-order valence-corrected chi connectivity index (χ3v) is 5.90. The van der Waals surface area contributed by atoms with Crippen LogP contribution in [-0.2, 0) is 14.3 Å². The molecule has 0 aromatic heterocycles. The van der Waals surface area contributed by atoms with E-state index < -0.39 is 17.7 Å². The summed E-state index contributed by atoms with van der Waals surface area (Å²) in [5, 5.41) is 11.3. The van der Waals surface area contributed by atoms with Crippen molar-refractivity contribution in [2.24, 2.45) is 0 Å². The number of hydrogen-bond donors (Lipinski definition) is 1. The molecule has 33 heavy (non-hydrogen) atoms. The summed E-state index contributed by atoms with van der Waals surface area (Å²) < 4.78 is 10.9. The van der Waals surface area contributed by atoms with Gasteiger partial charge in [0.1, 0.15) is 11.5 Å². The van der Waals surface area contributed by atoms with Crippen molar-refractivity contribution in [3.63, 3.8) is 0 Å². The zero-order valence-electron chi connectivity index (χ0n) is 19.9. The third-order valence-electron chi connectivity index (χ3n) is 5.90. The van der Waals surface area contributed by atoms with Crippen LogP contribution in [0.5, 0.6) is 5.75 Å². The first-order valence-electron chi connectivity index (χ1n) is 11.5. The Kier molecular flexibility index (Phi) is 8.28. The average Bonchev–Trinajstić information content (AvgIpc) is 3.06. The second kappa shape index (κ2) is 11.1. The SMILES string of the molecule is CCCCOc1ccc(C2C(=C(O)c3cc(C)ccc3C)C(=O)C(=O)N2CCCOC)cc1. The van der Waals surface area contributed by atoms with Gasteiger partial charge >= 0.3 is 0 Å². The second-order valence-electron chi connectivity index (χ2n) is 8.43. The van der Waals surface area contributed by atoms with Gasteiger partial charge in [0.25, 0.3) is 11.7 Å². The van der Waals surface area contributed by atoms with Crippen LogP contribution in [0.2, 0.25) is 0 Å². The molecule has 6 heteroatoms. The van der Waals surface area contributed by atoms with E-state index in [1.807, 2.05) is 56.3 Å². The first-order chi connectivity index (χ1) is 15.9. The van der Waals surface area contributed by atoms with Gasteiger partial charge in [-0.15, -0.1) is 0 Å².